The van der Waals surface area contributed by atoms with Gasteiger partial charge >= 0.3 is 6.18 Å². The van der Waals surface area contributed by atoms with E-state index in [1.807, 2.05) is 0 Å². The number of amides is 1. The van der Waals surface area contributed by atoms with E-state index in [2.05, 4.69) is 15.2 Å². The summed E-state index contributed by atoms with van der Waals surface area (Å²) in [6.45, 7) is 2.28. The number of rotatable bonds is 3. The minimum atomic E-state index is -4.76. The highest BCUT2D eigenvalue weighted by Gasteiger charge is 2.42. The van der Waals surface area contributed by atoms with Gasteiger partial charge in [0.1, 0.15) is 0 Å². The molecule has 0 unspecified atom stereocenters. The van der Waals surface area contributed by atoms with Crippen LogP contribution in [0.3, 0.4) is 0 Å². The van der Waals surface area contributed by atoms with E-state index in [1.165, 1.54) is 29.2 Å². The average Bonchev–Trinajstić information content (AvgIpc) is 3.35. The highest BCUT2D eigenvalue weighted by molar-refractivity contribution is 6.30. The summed E-state index contributed by atoms with van der Waals surface area (Å²) in [4.78, 5) is 18.5. The zero-order valence-corrected chi connectivity index (χ0v) is 16.6. The van der Waals surface area contributed by atoms with Crippen molar-refractivity contribution >= 4 is 17.5 Å². The van der Waals surface area contributed by atoms with Gasteiger partial charge in [-0.05, 0) is 44.0 Å². The van der Waals surface area contributed by atoms with Crippen molar-refractivity contribution in [3.63, 3.8) is 0 Å². The Hall–Kier alpha value is -2.88. The summed E-state index contributed by atoms with van der Waals surface area (Å²) in [5, 5.41) is 7.98. The first kappa shape index (κ1) is 20.4. The number of benzene rings is 1. The molecular weight excluding hydrogens is 423 g/mol. The summed E-state index contributed by atoms with van der Waals surface area (Å²) in [6, 6.07) is 5.75. The van der Waals surface area contributed by atoms with Crippen molar-refractivity contribution in [1.82, 2.24) is 24.8 Å². The number of alkyl halides is 3. The lowest BCUT2D eigenvalue weighted by Crippen LogP contribution is -2.38. The van der Waals surface area contributed by atoms with Gasteiger partial charge in [0.15, 0.2) is 11.5 Å². The Kier molecular flexibility index (Phi) is 5.27. The van der Waals surface area contributed by atoms with Gasteiger partial charge in [0.2, 0.25) is 5.89 Å². The Morgan fingerprint density at radius 3 is 2.43 bits per heavy atom. The van der Waals surface area contributed by atoms with Crippen molar-refractivity contribution < 1.29 is 22.5 Å². The maximum atomic E-state index is 13.8. The number of piperidine rings is 1. The number of aromatic nitrogens is 4. The van der Waals surface area contributed by atoms with Crippen LogP contribution in [0, 0.1) is 6.92 Å². The molecule has 0 saturated carbocycles. The fraction of sp³-hybridized carbons (Fsp3) is 0.368. The molecular formula is C19H17ClF3N5O2. The van der Waals surface area contributed by atoms with Crippen molar-refractivity contribution in [2.24, 2.45) is 0 Å². The number of carbonyl (C=O) groups excluding carboxylic acids is 1. The first-order valence-corrected chi connectivity index (χ1v) is 9.62. The molecule has 1 aromatic carbocycles. The Labute approximate surface area is 174 Å². The molecule has 1 amide bonds. The third kappa shape index (κ3) is 3.91. The molecule has 0 bridgehead atoms. The van der Waals surface area contributed by atoms with E-state index in [-0.39, 0.29) is 24.7 Å². The quantitative estimate of drug-likeness (QED) is 0.609. The zero-order valence-electron chi connectivity index (χ0n) is 15.9. The SMILES string of the molecule is Cc1noc(C2CCN(C(=O)c3cnn(-c4ccc(Cl)cc4)c3C(F)(F)F)CC2)n1. The first-order valence-electron chi connectivity index (χ1n) is 9.24. The molecule has 11 heteroatoms. The molecule has 0 N–H and O–H groups in total. The Morgan fingerprint density at radius 1 is 1.20 bits per heavy atom. The normalized spacial score (nSPS) is 15.6. The number of likely N-dealkylation sites (tertiary alicyclic amines) is 1. The van der Waals surface area contributed by atoms with Crippen LogP contribution in [-0.2, 0) is 6.18 Å². The second kappa shape index (κ2) is 7.75. The molecule has 158 valence electrons. The summed E-state index contributed by atoms with van der Waals surface area (Å²) in [6.07, 6.45) is -2.74. The van der Waals surface area contributed by atoms with Crippen molar-refractivity contribution in [1.29, 1.82) is 0 Å². The van der Waals surface area contributed by atoms with Gasteiger partial charge in [-0.15, -0.1) is 0 Å². The number of halogens is 4. The molecule has 1 aliphatic rings. The van der Waals surface area contributed by atoms with Crippen molar-refractivity contribution in [3.8, 4) is 5.69 Å². The van der Waals surface area contributed by atoms with E-state index in [1.54, 1.807) is 6.92 Å². The lowest BCUT2D eigenvalue weighted by atomic mass is 9.96. The minimum absolute atomic E-state index is 0.0193. The van der Waals surface area contributed by atoms with Gasteiger partial charge in [-0.2, -0.15) is 23.3 Å². The maximum absolute atomic E-state index is 13.8. The van der Waals surface area contributed by atoms with Crippen LogP contribution in [0.2, 0.25) is 5.02 Å². The largest absolute Gasteiger partial charge is 0.434 e. The number of hydrogen-bond acceptors (Lipinski definition) is 5. The van der Waals surface area contributed by atoms with Gasteiger partial charge in [-0.1, -0.05) is 16.8 Å². The number of carbonyl (C=O) groups is 1. The summed E-state index contributed by atoms with van der Waals surface area (Å²) in [7, 11) is 0. The lowest BCUT2D eigenvalue weighted by Gasteiger charge is -2.30. The Morgan fingerprint density at radius 2 is 1.87 bits per heavy atom. The molecule has 1 aliphatic heterocycles. The molecule has 0 spiro atoms. The Balaban J connectivity index is 1.58. The second-order valence-electron chi connectivity index (χ2n) is 7.04. The predicted molar refractivity (Wildman–Crippen MR) is 100 cm³/mol. The predicted octanol–water partition coefficient (Wildman–Crippen LogP) is 4.26. The lowest BCUT2D eigenvalue weighted by molar-refractivity contribution is -0.143. The minimum Gasteiger partial charge on any atom is -0.339 e. The molecule has 4 rings (SSSR count). The van der Waals surface area contributed by atoms with Gasteiger partial charge in [0.25, 0.3) is 5.91 Å². The third-order valence-corrected chi connectivity index (χ3v) is 5.27. The smallest absolute Gasteiger partial charge is 0.339 e. The Bertz CT molecular complexity index is 1050. The summed E-state index contributed by atoms with van der Waals surface area (Å²) in [5.41, 5.74) is -1.43. The molecule has 7 nitrogen and oxygen atoms in total. The number of nitrogens with zero attached hydrogens (tertiary/aromatic N) is 5. The van der Waals surface area contributed by atoms with Gasteiger partial charge in [0, 0.05) is 24.0 Å². The average molecular weight is 440 g/mol. The van der Waals surface area contributed by atoms with Gasteiger partial charge in [-0.3, -0.25) is 4.79 Å². The second-order valence-corrected chi connectivity index (χ2v) is 7.48. The van der Waals surface area contributed by atoms with Gasteiger partial charge < -0.3 is 9.42 Å². The van der Waals surface area contributed by atoms with E-state index in [0.29, 0.717) is 29.6 Å². The monoisotopic (exact) mass is 439 g/mol. The van der Waals surface area contributed by atoms with Crippen LogP contribution in [0.25, 0.3) is 5.69 Å². The standard InChI is InChI=1S/C19H17ClF3N5O2/c1-11-25-17(30-26-11)12-6-8-27(9-7-12)18(29)15-10-24-28(16(15)19(21,22)23)14-4-2-13(20)3-5-14/h2-5,10,12H,6-9H2,1H3. The molecule has 3 aromatic rings. The highest BCUT2D eigenvalue weighted by atomic mass is 35.5. The third-order valence-electron chi connectivity index (χ3n) is 5.01. The van der Waals surface area contributed by atoms with Crippen LogP contribution >= 0.6 is 11.6 Å². The molecule has 3 heterocycles. The van der Waals surface area contributed by atoms with Crippen LogP contribution in [0.15, 0.2) is 35.0 Å². The van der Waals surface area contributed by atoms with Crippen LogP contribution in [0.5, 0.6) is 0 Å². The molecule has 0 atom stereocenters. The maximum Gasteiger partial charge on any atom is 0.434 e. The van der Waals surface area contributed by atoms with E-state index < -0.39 is 23.3 Å². The van der Waals surface area contributed by atoms with E-state index in [9.17, 15) is 18.0 Å². The molecule has 2 aromatic heterocycles. The molecule has 0 radical (unpaired) electrons. The van der Waals surface area contributed by atoms with E-state index >= 15 is 0 Å². The first-order chi connectivity index (χ1) is 14.2. The summed E-state index contributed by atoms with van der Waals surface area (Å²) >= 11 is 5.82. The number of hydrogen-bond donors (Lipinski definition) is 0. The van der Waals surface area contributed by atoms with Crippen LogP contribution in [0.1, 0.15) is 46.5 Å². The number of aryl methyl sites for hydroxylation is 1. The van der Waals surface area contributed by atoms with Gasteiger partial charge in [-0.25, -0.2) is 4.68 Å². The topological polar surface area (TPSA) is 77.0 Å². The van der Waals surface area contributed by atoms with Crippen molar-refractivity contribution in [2.45, 2.75) is 31.9 Å². The van der Waals surface area contributed by atoms with E-state index in [4.69, 9.17) is 16.1 Å². The van der Waals surface area contributed by atoms with Crippen LogP contribution in [0.4, 0.5) is 13.2 Å². The van der Waals surface area contributed by atoms with Crippen LogP contribution in [-0.4, -0.2) is 43.8 Å². The fourth-order valence-corrected chi connectivity index (χ4v) is 3.66. The molecule has 30 heavy (non-hydrogen) atoms. The van der Waals surface area contributed by atoms with Crippen molar-refractivity contribution in [2.75, 3.05) is 13.1 Å². The molecule has 1 saturated heterocycles. The summed E-state index contributed by atoms with van der Waals surface area (Å²) in [5.74, 6) is 0.288. The van der Waals surface area contributed by atoms with Crippen molar-refractivity contribution in [3.05, 3.63) is 58.5 Å². The van der Waals surface area contributed by atoms with Crippen LogP contribution < -0.4 is 0 Å². The highest BCUT2D eigenvalue weighted by Crippen LogP contribution is 2.35. The molecule has 0 aliphatic carbocycles. The fourth-order valence-electron chi connectivity index (χ4n) is 3.53. The van der Waals surface area contributed by atoms with Gasteiger partial charge in [0.05, 0.1) is 17.4 Å². The summed E-state index contributed by atoms with van der Waals surface area (Å²) < 4.78 is 47.4. The van der Waals surface area contributed by atoms with E-state index in [0.717, 1.165) is 10.9 Å². The molecule has 1 fully saturated rings. The zero-order chi connectivity index (χ0) is 21.5.